The van der Waals surface area contributed by atoms with Gasteiger partial charge in [-0.2, -0.15) is 9.61 Å². The van der Waals surface area contributed by atoms with Crippen molar-refractivity contribution in [2.75, 3.05) is 5.32 Å². The van der Waals surface area contributed by atoms with Gasteiger partial charge >= 0.3 is 0 Å². The predicted molar refractivity (Wildman–Crippen MR) is 103 cm³/mol. The Morgan fingerprint density at radius 3 is 2.45 bits per heavy atom. The summed E-state index contributed by atoms with van der Waals surface area (Å²) in [5.41, 5.74) is 1.73. The van der Waals surface area contributed by atoms with E-state index in [-0.39, 0.29) is 5.82 Å². The number of fused-ring (bicyclic) bond motifs is 1. The van der Waals surface area contributed by atoms with Gasteiger partial charge < -0.3 is 5.32 Å². The van der Waals surface area contributed by atoms with Crippen molar-refractivity contribution in [3.63, 3.8) is 0 Å². The maximum Gasteiger partial charge on any atom is 0.188 e. The minimum absolute atomic E-state index is 0.295. The molecule has 0 aliphatic carbocycles. The maximum absolute atomic E-state index is 14.2. The number of rotatable bonds is 4. The van der Waals surface area contributed by atoms with Gasteiger partial charge in [0, 0.05) is 0 Å². The fourth-order valence-corrected chi connectivity index (χ4v) is 2.97. The summed E-state index contributed by atoms with van der Waals surface area (Å²) in [6.07, 6.45) is 3.20. The second-order valence-corrected chi connectivity index (χ2v) is 6.24. The molecule has 0 aliphatic rings. The molecule has 0 amide bonds. The van der Waals surface area contributed by atoms with Crippen LogP contribution >= 0.6 is 0 Å². The SMILES string of the molecule is Fc1ccccc1-c1nnc2ccc(Nc3cnn(-c4ccccc4F)c3)nn12. The van der Waals surface area contributed by atoms with Gasteiger partial charge in [0.15, 0.2) is 17.3 Å². The van der Waals surface area contributed by atoms with E-state index in [1.54, 1.807) is 60.9 Å². The van der Waals surface area contributed by atoms with Crippen LogP contribution in [-0.4, -0.2) is 29.6 Å². The van der Waals surface area contributed by atoms with E-state index in [0.717, 1.165) is 0 Å². The second kappa shape index (κ2) is 6.79. The van der Waals surface area contributed by atoms with Crippen molar-refractivity contribution in [2.24, 2.45) is 0 Å². The molecule has 5 aromatic rings. The molecule has 0 radical (unpaired) electrons. The molecule has 3 heterocycles. The summed E-state index contributed by atoms with van der Waals surface area (Å²) in [4.78, 5) is 0. The third-order valence-electron chi connectivity index (χ3n) is 4.33. The van der Waals surface area contributed by atoms with Crippen molar-refractivity contribution in [3.8, 4) is 17.1 Å². The van der Waals surface area contributed by atoms with Gasteiger partial charge in [0.1, 0.15) is 17.3 Å². The number of para-hydroxylation sites is 1. The van der Waals surface area contributed by atoms with E-state index in [4.69, 9.17) is 0 Å². The largest absolute Gasteiger partial charge is 0.336 e. The highest BCUT2D eigenvalue weighted by Gasteiger charge is 2.14. The Kier molecular flexibility index (Phi) is 3.98. The number of nitrogens with one attached hydrogen (secondary N) is 1. The highest BCUT2D eigenvalue weighted by atomic mass is 19.1. The minimum Gasteiger partial charge on any atom is -0.336 e. The van der Waals surface area contributed by atoms with E-state index in [1.807, 2.05) is 0 Å². The lowest BCUT2D eigenvalue weighted by Gasteiger charge is -2.05. The van der Waals surface area contributed by atoms with E-state index in [0.29, 0.717) is 34.2 Å². The van der Waals surface area contributed by atoms with Crippen LogP contribution in [0.3, 0.4) is 0 Å². The first-order valence-electron chi connectivity index (χ1n) is 8.73. The standard InChI is InChI=1S/C20H13F2N7/c21-15-6-2-1-5-14(15)20-26-25-19-10-9-18(27-29(19)20)24-13-11-23-28(12-13)17-8-4-3-7-16(17)22/h1-12H,(H,24,27). The van der Waals surface area contributed by atoms with Gasteiger partial charge in [-0.1, -0.05) is 24.3 Å². The van der Waals surface area contributed by atoms with E-state index < -0.39 is 5.82 Å². The van der Waals surface area contributed by atoms with Crippen LogP contribution in [0.25, 0.3) is 22.7 Å². The Morgan fingerprint density at radius 1 is 0.828 bits per heavy atom. The van der Waals surface area contributed by atoms with Gasteiger partial charge in [-0.25, -0.2) is 13.5 Å². The van der Waals surface area contributed by atoms with Crippen LogP contribution < -0.4 is 5.32 Å². The van der Waals surface area contributed by atoms with Crippen molar-refractivity contribution in [1.29, 1.82) is 0 Å². The molecule has 0 spiro atoms. The zero-order valence-corrected chi connectivity index (χ0v) is 14.9. The predicted octanol–water partition coefficient (Wildman–Crippen LogP) is 4.00. The first-order valence-corrected chi connectivity index (χ1v) is 8.73. The lowest BCUT2D eigenvalue weighted by molar-refractivity contribution is 0.611. The fraction of sp³-hybridized carbons (Fsp3) is 0. The van der Waals surface area contributed by atoms with E-state index in [1.165, 1.54) is 21.3 Å². The molecule has 7 nitrogen and oxygen atoms in total. The molecule has 0 bridgehead atoms. The van der Waals surface area contributed by atoms with Crippen LogP contribution in [0.4, 0.5) is 20.3 Å². The number of hydrogen-bond donors (Lipinski definition) is 1. The van der Waals surface area contributed by atoms with Gasteiger partial charge in [0.25, 0.3) is 0 Å². The van der Waals surface area contributed by atoms with Gasteiger partial charge in [0.05, 0.1) is 23.6 Å². The summed E-state index contributed by atoms with van der Waals surface area (Å²) in [5.74, 6) is -0.0133. The summed E-state index contributed by atoms with van der Waals surface area (Å²) < 4.78 is 31.0. The Hall–Kier alpha value is -4.14. The van der Waals surface area contributed by atoms with Crippen molar-refractivity contribution in [1.82, 2.24) is 29.6 Å². The Balaban J connectivity index is 1.48. The number of nitrogens with zero attached hydrogens (tertiary/aromatic N) is 6. The minimum atomic E-state index is -0.409. The quantitative estimate of drug-likeness (QED) is 0.503. The summed E-state index contributed by atoms with van der Waals surface area (Å²) in [7, 11) is 0. The van der Waals surface area contributed by atoms with Crippen LogP contribution in [0.1, 0.15) is 0 Å². The average molecular weight is 389 g/mol. The first-order chi connectivity index (χ1) is 14.2. The first kappa shape index (κ1) is 17.0. The highest BCUT2D eigenvalue weighted by Crippen LogP contribution is 2.22. The Morgan fingerprint density at radius 2 is 1.62 bits per heavy atom. The van der Waals surface area contributed by atoms with Crippen molar-refractivity contribution in [3.05, 3.63) is 84.7 Å². The molecule has 0 unspecified atom stereocenters. The maximum atomic E-state index is 14.2. The molecule has 0 fully saturated rings. The van der Waals surface area contributed by atoms with Crippen molar-refractivity contribution < 1.29 is 8.78 Å². The van der Waals surface area contributed by atoms with Crippen LogP contribution in [0, 0.1) is 11.6 Å². The van der Waals surface area contributed by atoms with Gasteiger partial charge in [-0.05, 0) is 36.4 Å². The molecule has 0 saturated heterocycles. The zero-order valence-electron chi connectivity index (χ0n) is 14.9. The van der Waals surface area contributed by atoms with Crippen molar-refractivity contribution >= 4 is 17.2 Å². The molecular formula is C20H13F2N7. The summed E-state index contributed by atoms with van der Waals surface area (Å²) in [6.45, 7) is 0. The Labute approximate surface area is 163 Å². The normalized spacial score (nSPS) is 11.1. The molecule has 3 aromatic heterocycles. The van der Waals surface area contributed by atoms with Crippen LogP contribution in [0.15, 0.2) is 73.1 Å². The smallest absolute Gasteiger partial charge is 0.188 e. The molecular weight excluding hydrogens is 376 g/mol. The third-order valence-corrected chi connectivity index (χ3v) is 4.33. The number of aromatic nitrogens is 6. The molecule has 1 N–H and O–H groups in total. The number of anilines is 2. The van der Waals surface area contributed by atoms with E-state index in [2.05, 4.69) is 25.7 Å². The zero-order chi connectivity index (χ0) is 19.8. The summed E-state index contributed by atoms with van der Waals surface area (Å²) in [6, 6.07) is 16.1. The molecule has 0 aliphatic heterocycles. The lowest BCUT2D eigenvalue weighted by Crippen LogP contribution is -2.01. The number of halogens is 2. The molecule has 5 rings (SSSR count). The van der Waals surface area contributed by atoms with Gasteiger partial charge in [0.2, 0.25) is 0 Å². The van der Waals surface area contributed by atoms with Gasteiger partial charge in [-0.3, -0.25) is 0 Å². The topological polar surface area (TPSA) is 72.9 Å². The summed E-state index contributed by atoms with van der Waals surface area (Å²) in [5, 5.41) is 19.8. The van der Waals surface area contributed by atoms with Crippen LogP contribution in [0.2, 0.25) is 0 Å². The molecule has 142 valence electrons. The summed E-state index contributed by atoms with van der Waals surface area (Å²) >= 11 is 0. The fourth-order valence-electron chi connectivity index (χ4n) is 2.97. The van der Waals surface area contributed by atoms with Crippen LogP contribution in [-0.2, 0) is 0 Å². The molecule has 29 heavy (non-hydrogen) atoms. The highest BCUT2D eigenvalue weighted by molar-refractivity contribution is 5.61. The Bertz CT molecular complexity index is 1330. The van der Waals surface area contributed by atoms with Crippen LogP contribution in [0.5, 0.6) is 0 Å². The van der Waals surface area contributed by atoms with Crippen molar-refractivity contribution in [2.45, 2.75) is 0 Å². The number of hydrogen-bond acceptors (Lipinski definition) is 5. The van der Waals surface area contributed by atoms with E-state index in [9.17, 15) is 8.78 Å². The molecule has 0 atom stereocenters. The second-order valence-electron chi connectivity index (χ2n) is 6.24. The number of benzene rings is 2. The van der Waals surface area contributed by atoms with Gasteiger partial charge in [-0.15, -0.1) is 15.3 Å². The molecule has 2 aromatic carbocycles. The average Bonchev–Trinajstić information content (AvgIpc) is 3.36. The molecule has 0 saturated carbocycles. The lowest BCUT2D eigenvalue weighted by atomic mass is 10.2. The van der Waals surface area contributed by atoms with E-state index >= 15 is 0 Å². The monoisotopic (exact) mass is 389 g/mol. The third kappa shape index (κ3) is 3.08. The molecule has 9 heteroatoms.